The second kappa shape index (κ2) is 5.22. The Bertz CT molecular complexity index is 310. The predicted octanol–water partition coefficient (Wildman–Crippen LogP) is 4.33. The number of rotatable bonds is 3. The van der Waals surface area contributed by atoms with Crippen LogP contribution in [0, 0.1) is 10.8 Å². The summed E-state index contributed by atoms with van der Waals surface area (Å²) in [6, 6.07) is 0. The molecule has 1 saturated carbocycles. The predicted molar refractivity (Wildman–Crippen MR) is 83.1 cm³/mol. The molecule has 0 saturated heterocycles. The van der Waals surface area contributed by atoms with Gasteiger partial charge in [-0.05, 0) is 26.7 Å². The molecule has 3 heteroatoms. The van der Waals surface area contributed by atoms with Crippen LogP contribution in [-0.2, 0) is 9.59 Å². The maximum absolute atomic E-state index is 12.8. The van der Waals surface area contributed by atoms with Crippen LogP contribution in [0.25, 0.3) is 0 Å². The van der Waals surface area contributed by atoms with E-state index >= 15 is 0 Å². The summed E-state index contributed by atoms with van der Waals surface area (Å²) in [4.78, 5) is 25.6. The molecule has 0 N–H and O–H groups in total. The van der Waals surface area contributed by atoms with Gasteiger partial charge >= 0.3 is 0 Å². The minimum absolute atomic E-state index is 0.134. The third-order valence-corrected chi connectivity index (χ3v) is 4.29. The number of ketones is 2. The summed E-state index contributed by atoms with van der Waals surface area (Å²) in [5.41, 5.74) is -1.16. The average Bonchev–Trinajstić information content (AvgIpc) is 2.25. The summed E-state index contributed by atoms with van der Waals surface area (Å²) in [5.74, 6) is 0.277. The molecule has 0 amide bonds. The summed E-state index contributed by atoms with van der Waals surface area (Å²) >= 11 is 2.17. The standard InChI is InChI=1S/C15H25IO2/c1-13(2,3)11(17)15(9-7-6-8-10-15)12(18)14(4,5)16/h6-10H2,1-5H3. The summed E-state index contributed by atoms with van der Waals surface area (Å²) in [6.45, 7) is 9.63. The van der Waals surface area contributed by atoms with Gasteiger partial charge in [-0.1, -0.05) is 62.6 Å². The van der Waals surface area contributed by atoms with E-state index in [-0.39, 0.29) is 11.6 Å². The molecule has 18 heavy (non-hydrogen) atoms. The molecule has 104 valence electrons. The fourth-order valence-corrected chi connectivity index (χ4v) is 3.52. The lowest BCUT2D eigenvalue weighted by atomic mass is 9.61. The first-order chi connectivity index (χ1) is 8.02. The number of halogens is 1. The van der Waals surface area contributed by atoms with Crippen LogP contribution < -0.4 is 0 Å². The van der Waals surface area contributed by atoms with Crippen LogP contribution in [0.1, 0.15) is 66.7 Å². The van der Waals surface area contributed by atoms with E-state index in [9.17, 15) is 9.59 Å². The molecule has 0 unspecified atom stereocenters. The lowest BCUT2D eigenvalue weighted by Crippen LogP contribution is -2.51. The van der Waals surface area contributed by atoms with Crippen molar-refractivity contribution in [1.82, 2.24) is 0 Å². The van der Waals surface area contributed by atoms with Crippen LogP contribution in [0.2, 0.25) is 0 Å². The van der Waals surface area contributed by atoms with Crippen molar-refractivity contribution in [2.45, 2.75) is 70.1 Å². The third-order valence-electron chi connectivity index (χ3n) is 3.80. The highest BCUT2D eigenvalue weighted by Gasteiger charge is 2.52. The Hall–Kier alpha value is 0.0700. The lowest BCUT2D eigenvalue weighted by Gasteiger charge is -2.41. The molecular weight excluding hydrogens is 339 g/mol. The fourth-order valence-electron chi connectivity index (χ4n) is 3.00. The lowest BCUT2D eigenvalue weighted by molar-refractivity contribution is -0.149. The molecule has 0 heterocycles. The minimum Gasteiger partial charge on any atom is -0.298 e. The van der Waals surface area contributed by atoms with Crippen molar-refractivity contribution < 1.29 is 9.59 Å². The van der Waals surface area contributed by atoms with Gasteiger partial charge in [0.2, 0.25) is 0 Å². The van der Waals surface area contributed by atoms with E-state index < -0.39 is 14.3 Å². The number of hydrogen-bond acceptors (Lipinski definition) is 2. The van der Waals surface area contributed by atoms with Gasteiger partial charge in [-0.15, -0.1) is 0 Å². The van der Waals surface area contributed by atoms with Crippen LogP contribution >= 0.6 is 22.6 Å². The molecule has 0 aliphatic heterocycles. The highest BCUT2D eigenvalue weighted by Crippen LogP contribution is 2.46. The maximum Gasteiger partial charge on any atom is 0.161 e. The van der Waals surface area contributed by atoms with Crippen LogP contribution in [0.15, 0.2) is 0 Å². The van der Waals surface area contributed by atoms with E-state index in [0.29, 0.717) is 0 Å². The normalized spacial score (nSPS) is 20.6. The van der Waals surface area contributed by atoms with E-state index in [4.69, 9.17) is 0 Å². The van der Waals surface area contributed by atoms with Crippen molar-refractivity contribution in [1.29, 1.82) is 0 Å². The first-order valence-electron chi connectivity index (χ1n) is 6.80. The topological polar surface area (TPSA) is 34.1 Å². The Balaban J connectivity index is 3.19. The number of carbonyl (C=O) groups is 2. The van der Waals surface area contributed by atoms with E-state index in [1.54, 1.807) is 0 Å². The highest BCUT2D eigenvalue weighted by molar-refractivity contribution is 14.1. The SMILES string of the molecule is CC(C)(C)C(=O)C1(C(=O)C(C)(C)I)CCCCC1. The molecule has 1 aliphatic carbocycles. The van der Waals surface area contributed by atoms with Gasteiger partial charge in [0.15, 0.2) is 11.6 Å². The van der Waals surface area contributed by atoms with Gasteiger partial charge in [0, 0.05) is 5.41 Å². The molecule has 0 radical (unpaired) electrons. The largest absolute Gasteiger partial charge is 0.298 e. The van der Waals surface area contributed by atoms with Gasteiger partial charge in [-0.3, -0.25) is 9.59 Å². The van der Waals surface area contributed by atoms with Crippen LogP contribution in [0.5, 0.6) is 0 Å². The maximum atomic E-state index is 12.8. The molecule has 2 nitrogen and oxygen atoms in total. The Kier molecular flexibility index (Phi) is 4.67. The zero-order chi connectivity index (χ0) is 14.2. The molecule has 0 bridgehead atoms. The highest BCUT2D eigenvalue weighted by atomic mass is 127. The summed E-state index contributed by atoms with van der Waals surface area (Å²) in [7, 11) is 0. The van der Waals surface area contributed by atoms with Gasteiger partial charge in [0.1, 0.15) is 0 Å². The van der Waals surface area contributed by atoms with Gasteiger partial charge in [0.05, 0.1) is 8.84 Å². The van der Waals surface area contributed by atoms with Gasteiger partial charge < -0.3 is 0 Å². The quantitative estimate of drug-likeness (QED) is 0.424. The van der Waals surface area contributed by atoms with Crippen LogP contribution in [0.4, 0.5) is 0 Å². The van der Waals surface area contributed by atoms with Gasteiger partial charge in [-0.25, -0.2) is 0 Å². The van der Waals surface area contributed by atoms with Crippen molar-refractivity contribution in [3.05, 3.63) is 0 Å². The molecule has 1 rings (SSSR count). The van der Waals surface area contributed by atoms with Crippen molar-refractivity contribution >= 4 is 34.2 Å². The molecule has 0 aromatic heterocycles. The Morgan fingerprint density at radius 1 is 0.889 bits per heavy atom. The molecule has 1 fully saturated rings. The number of carbonyl (C=O) groups excluding carboxylic acids is 2. The van der Waals surface area contributed by atoms with E-state index in [2.05, 4.69) is 22.6 Å². The zero-order valence-electron chi connectivity index (χ0n) is 12.2. The third kappa shape index (κ3) is 3.14. The van der Waals surface area contributed by atoms with Gasteiger partial charge in [0.25, 0.3) is 0 Å². The molecular formula is C15H25IO2. The second-order valence-corrected chi connectivity index (χ2v) is 9.72. The van der Waals surface area contributed by atoms with Crippen molar-refractivity contribution in [2.75, 3.05) is 0 Å². The van der Waals surface area contributed by atoms with E-state index in [1.807, 2.05) is 34.6 Å². The number of hydrogen-bond donors (Lipinski definition) is 0. The molecule has 1 aliphatic rings. The molecule has 0 atom stereocenters. The first kappa shape index (κ1) is 16.1. The number of alkyl halides is 1. The molecule has 0 aromatic rings. The van der Waals surface area contributed by atoms with Crippen molar-refractivity contribution in [3.8, 4) is 0 Å². The number of Topliss-reactive ketones (excluding diaryl/α,β-unsaturated/α-hetero) is 2. The van der Waals surface area contributed by atoms with Crippen LogP contribution in [0.3, 0.4) is 0 Å². The fraction of sp³-hybridized carbons (Fsp3) is 0.867. The summed E-state index contributed by atoms with van der Waals surface area (Å²) in [6.07, 6.45) is 4.64. The van der Waals surface area contributed by atoms with Crippen molar-refractivity contribution in [2.24, 2.45) is 10.8 Å². The molecule has 0 aromatic carbocycles. The zero-order valence-corrected chi connectivity index (χ0v) is 14.4. The average molecular weight is 364 g/mol. The Morgan fingerprint density at radius 2 is 1.33 bits per heavy atom. The second-order valence-electron chi connectivity index (χ2n) is 7.02. The smallest absolute Gasteiger partial charge is 0.161 e. The van der Waals surface area contributed by atoms with E-state index in [0.717, 1.165) is 32.1 Å². The summed E-state index contributed by atoms with van der Waals surface area (Å²) in [5, 5.41) is 0. The summed E-state index contributed by atoms with van der Waals surface area (Å²) < 4.78 is -0.462. The van der Waals surface area contributed by atoms with E-state index in [1.165, 1.54) is 0 Å². The minimum atomic E-state index is -0.721. The van der Waals surface area contributed by atoms with Crippen molar-refractivity contribution in [3.63, 3.8) is 0 Å². The first-order valence-corrected chi connectivity index (χ1v) is 7.88. The van der Waals surface area contributed by atoms with Gasteiger partial charge in [-0.2, -0.15) is 0 Å². The Morgan fingerprint density at radius 3 is 1.67 bits per heavy atom. The van der Waals surface area contributed by atoms with Crippen LogP contribution in [-0.4, -0.2) is 15.0 Å². The Labute approximate surface area is 124 Å². The monoisotopic (exact) mass is 364 g/mol. The molecule has 0 spiro atoms.